The number of H-pyrrole nitrogens is 1. The molecule has 0 radical (unpaired) electrons. The largest absolute Gasteiger partial charge is 0.342 e. The minimum atomic E-state index is -0.177. The molecule has 1 saturated heterocycles. The number of halogens is 1. The average Bonchev–Trinajstić information content (AvgIpc) is 3.15. The monoisotopic (exact) mass is 295 g/mol. The zero-order valence-corrected chi connectivity index (χ0v) is 12.3. The molecule has 0 aliphatic carbocycles. The average molecular weight is 295 g/mol. The van der Waals surface area contributed by atoms with Crippen molar-refractivity contribution in [2.24, 2.45) is 0 Å². The van der Waals surface area contributed by atoms with Crippen LogP contribution in [0.25, 0.3) is 11.0 Å². The summed E-state index contributed by atoms with van der Waals surface area (Å²) in [5.74, 6) is -0.177. The molecule has 4 heteroatoms. The van der Waals surface area contributed by atoms with Crippen LogP contribution in [0.15, 0.2) is 48.7 Å². The van der Waals surface area contributed by atoms with Crippen LogP contribution in [0, 0.1) is 5.82 Å². The first-order chi connectivity index (χ1) is 10.8. The number of likely N-dealkylation sites (tertiary alicyclic amines) is 1. The molecular formula is C18H18FN3. The second-order valence-corrected chi connectivity index (χ2v) is 5.92. The van der Waals surface area contributed by atoms with Crippen molar-refractivity contribution in [2.45, 2.75) is 25.4 Å². The lowest BCUT2D eigenvalue weighted by molar-refractivity contribution is 0.245. The molecule has 1 N–H and O–H groups in total. The van der Waals surface area contributed by atoms with Crippen LogP contribution in [0.5, 0.6) is 0 Å². The third-order valence-electron chi connectivity index (χ3n) is 4.43. The second-order valence-electron chi connectivity index (χ2n) is 5.92. The summed E-state index contributed by atoms with van der Waals surface area (Å²) < 4.78 is 13.0. The van der Waals surface area contributed by atoms with Gasteiger partial charge in [0.1, 0.15) is 11.5 Å². The third-order valence-corrected chi connectivity index (χ3v) is 4.43. The molecule has 0 saturated carbocycles. The van der Waals surface area contributed by atoms with Crippen LogP contribution in [-0.4, -0.2) is 21.4 Å². The summed E-state index contributed by atoms with van der Waals surface area (Å²) in [6, 6.07) is 13.5. The van der Waals surface area contributed by atoms with Crippen molar-refractivity contribution in [3.63, 3.8) is 0 Å². The smallest absolute Gasteiger partial charge is 0.137 e. The molecule has 0 unspecified atom stereocenters. The summed E-state index contributed by atoms with van der Waals surface area (Å²) in [5, 5.41) is 1.16. The number of aromatic amines is 1. The number of nitrogens with zero attached hydrogens (tertiary/aromatic N) is 2. The Bertz CT molecular complexity index is 745. The van der Waals surface area contributed by atoms with Crippen molar-refractivity contribution >= 4 is 11.0 Å². The third kappa shape index (κ3) is 2.50. The Labute approximate surface area is 128 Å². The van der Waals surface area contributed by atoms with Gasteiger partial charge in [-0.3, -0.25) is 4.90 Å². The molecule has 0 spiro atoms. The Morgan fingerprint density at radius 3 is 2.91 bits per heavy atom. The second kappa shape index (κ2) is 5.54. The van der Waals surface area contributed by atoms with Gasteiger partial charge in [-0.15, -0.1) is 0 Å². The molecule has 1 aliphatic rings. The quantitative estimate of drug-likeness (QED) is 0.791. The van der Waals surface area contributed by atoms with Gasteiger partial charge in [-0.25, -0.2) is 9.37 Å². The minimum Gasteiger partial charge on any atom is -0.342 e. The summed E-state index contributed by atoms with van der Waals surface area (Å²) in [6.07, 6.45) is 4.15. The van der Waals surface area contributed by atoms with E-state index in [9.17, 15) is 4.39 Å². The number of aromatic nitrogens is 2. The molecule has 112 valence electrons. The Hall–Kier alpha value is -2.20. The molecule has 1 atom stereocenters. The SMILES string of the molecule is Fc1ccc(CN2CCC[C@@H]2c2cc3cccnc3[nH]2)cc1. The molecule has 2 aromatic heterocycles. The maximum Gasteiger partial charge on any atom is 0.137 e. The van der Waals surface area contributed by atoms with Gasteiger partial charge in [0.05, 0.1) is 6.04 Å². The Balaban J connectivity index is 1.58. The van der Waals surface area contributed by atoms with Crippen LogP contribution < -0.4 is 0 Å². The van der Waals surface area contributed by atoms with E-state index in [2.05, 4.69) is 27.0 Å². The lowest BCUT2D eigenvalue weighted by Crippen LogP contribution is -2.22. The van der Waals surface area contributed by atoms with Gasteiger partial charge in [-0.1, -0.05) is 12.1 Å². The summed E-state index contributed by atoms with van der Waals surface area (Å²) in [6.45, 7) is 1.93. The van der Waals surface area contributed by atoms with Crippen molar-refractivity contribution in [2.75, 3.05) is 6.54 Å². The first kappa shape index (κ1) is 13.5. The molecule has 22 heavy (non-hydrogen) atoms. The van der Waals surface area contributed by atoms with Gasteiger partial charge in [0, 0.05) is 23.8 Å². The van der Waals surface area contributed by atoms with E-state index in [0.29, 0.717) is 6.04 Å². The van der Waals surface area contributed by atoms with Crippen LogP contribution in [0.4, 0.5) is 4.39 Å². The number of benzene rings is 1. The maximum absolute atomic E-state index is 13.0. The Morgan fingerprint density at radius 1 is 1.23 bits per heavy atom. The molecule has 3 nitrogen and oxygen atoms in total. The molecule has 1 fully saturated rings. The first-order valence-corrected chi connectivity index (χ1v) is 7.72. The van der Waals surface area contributed by atoms with Gasteiger partial charge in [-0.2, -0.15) is 0 Å². The molecule has 1 aliphatic heterocycles. The van der Waals surface area contributed by atoms with Crippen molar-refractivity contribution < 1.29 is 4.39 Å². The van der Waals surface area contributed by atoms with Crippen LogP contribution in [0.2, 0.25) is 0 Å². The standard InChI is InChI=1S/C18H18FN3/c19-15-7-5-13(6-8-15)12-22-10-2-4-17(22)16-11-14-3-1-9-20-18(14)21-16/h1,3,5-9,11,17H,2,4,10,12H2,(H,20,21)/t17-/m1/s1. The van der Waals surface area contributed by atoms with Gasteiger partial charge in [0.2, 0.25) is 0 Å². The summed E-state index contributed by atoms with van der Waals surface area (Å²) in [7, 11) is 0. The van der Waals surface area contributed by atoms with Crippen molar-refractivity contribution in [1.82, 2.24) is 14.9 Å². The highest BCUT2D eigenvalue weighted by Crippen LogP contribution is 2.33. The van der Waals surface area contributed by atoms with Gasteiger partial charge in [0.25, 0.3) is 0 Å². The van der Waals surface area contributed by atoms with E-state index in [1.54, 1.807) is 0 Å². The molecule has 0 bridgehead atoms. The lowest BCUT2D eigenvalue weighted by Gasteiger charge is -2.23. The minimum absolute atomic E-state index is 0.177. The molecule has 0 amide bonds. The van der Waals surface area contributed by atoms with Crippen LogP contribution in [0.1, 0.15) is 30.1 Å². The fraction of sp³-hybridized carbons (Fsp3) is 0.278. The maximum atomic E-state index is 13.0. The van der Waals surface area contributed by atoms with Crippen molar-refractivity contribution in [3.05, 3.63) is 65.7 Å². The first-order valence-electron chi connectivity index (χ1n) is 7.72. The number of nitrogens with one attached hydrogen (secondary N) is 1. The number of rotatable bonds is 3. The van der Waals surface area contributed by atoms with Gasteiger partial charge >= 0.3 is 0 Å². The Morgan fingerprint density at radius 2 is 2.09 bits per heavy atom. The van der Waals surface area contributed by atoms with Gasteiger partial charge in [0.15, 0.2) is 0 Å². The fourth-order valence-corrected chi connectivity index (χ4v) is 3.35. The number of pyridine rings is 1. The summed E-state index contributed by atoms with van der Waals surface area (Å²) >= 11 is 0. The van der Waals surface area contributed by atoms with Crippen LogP contribution >= 0.6 is 0 Å². The molecule has 4 rings (SSSR count). The Kier molecular flexibility index (Phi) is 3.39. The zero-order chi connectivity index (χ0) is 14.9. The van der Waals surface area contributed by atoms with Crippen molar-refractivity contribution in [3.8, 4) is 0 Å². The van der Waals surface area contributed by atoms with E-state index >= 15 is 0 Å². The highest BCUT2D eigenvalue weighted by atomic mass is 19.1. The fourth-order valence-electron chi connectivity index (χ4n) is 3.35. The number of hydrogen-bond donors (Lipinski definition) is 1. The highest BCUT2D eigenvalue weighted by molar-refractivity contribution is 5.76. The van der Waals surface area contributed by atoms with Crippen LogP contribution in [-0.2, 0) is 6.54 Å². The predicted molar refractivity (Wildman–Crippen MR) is 84.9 cm³/mol. The molecular weight excluding hydrogens is 277 g/mol. The summed E-state index contributed by atoms with van der Waals surface area (Å²) in [4.78, 5) is 10.3. The number of hydrogen-bond acceptors (Lipinski definition) is 2. The van der Waals surface area contributed by atoms with Crippen molar-refractivity contribution in [1.29, 1.82) is 0 Å². The van der Waals surface area contributed by atoms with E-state index in [1.165, 1.54) is 24.2 Å². The highest BCUT2D eigenvalue weighted by Gasteiger charge is 2.27. The lowest BCUT2D eigenvalue weighted by atomic mass is 10.1. The van der Waals surface area contributed by atoms with Crippen LogP contribution in [0.3, 0.4) is 0 Å². The van der Waals surface area contributed by atoms with E-state index in [1.807, 2.05) is 24.4 Å². The van der Waals surface area contributed by atoms with Gasteiger partial charge in [-0.05, 0) is 55.3 Å². The predicted octanol–water partition coefficient (Wildman–Crippen LogP) is 4.04. The molecule has 3 heterocycles. The van der Waals surface area contributed by atoms with E-state index in [0.717, 1.165) is 36.1 Å². The van der Waals surface area contributed by atoms with E-state index < -0.39 is 0 Å². The molecule has 3 aromatic rings. The van der Waals surface area contributed by atoms with E-state index in [4.69, 9.17) is 0 Å². The number of fused-ring (bicyclic) bond motifs is 1. The van der Waals surface area contributed by atoms with E-state index in [-0.39, 0.29) is 5.82 Å². The molecule has 1 aromatic carbocycles. The summed E-state index contributed by atoms with van der Waals surface area (Å²) in [5.41, 5.74) is 3.34. The zero-order valence-electron chi connectivity index (χ0n) is 12.3. The normalized spacial score (nSPS) is 19.0. The topological polar surface area (TPSA) is 31.9 Å². The van der Waals surface area contributed by atoms with Gasteiger partial charge < -0.3 is 4.98 Å².